The van der Waals surface area contributed by atoms with Gasteiger partial charge in [-0.05, 0) is 67.9 Å². The lowest BCUT2D eigenvalue weighted by molar-refractivity contribution is -0.156. The van der Waals surface area contributed by atoms with Crippen LogP contribution in [0.25, 0.3) is 6.08 Å². The van der Waals surface area contributed by atoms with E-state index in [4.69, 9.17) is 31.9 Å². The highest BCUT2D eigenvalue weighted by molar-refractivity contribution is 6.32. The summed E-state index contributed by atoms with van der Waals surface area (Å²) in [4.78, 5) is 51.8. The van der Waals surface area contributed by atoms with Crippen LogP contribution in [0.4, 0.5) is 0 Å². The second kappa shape index (κ2) is 19.4. The number of amides is 2. The van der Waals surface area contributed by atoms with Crippen molar-refractivity contribution in [3.63, 3.8) is 0 Å². The fourth-order valence-corrected chi connectivity index (χ4v) is 5.34. The highest BCUT2D eigenvalue weighted by Crippen LogP contribution is 2.28. The number of aliphatic hydroxyl groups is 1. The Morgan fingerprint density at radius 3 is 2.16 bits per heavy atom. The number of methoxy groups -OCH3 is 1. The van der Waals surface area contributed by atoms with E-state index in [1.165, 1.54) is 13.2 Å². The SMILES string of the molecule is COc1ccc(C[C@@H](N)C(=O)NC(C)C(C)(C)C(=O)N[C@@H](CC(C)(C)C)C(=O)O[C@@H](C/C=C/C(=O)O)[C@H](C)/C=C/c2ccc(CO)cc2)cc1Cl. The first-order valence-electron chi connectivity index (χ1n) is 16.9. The molecule has 0 aromatic heterocycles. The van der Waals surface area contributed by atoms with Crippen molar-refractivity contribution >= 4 is 41.4 Å². The van der Waals surface area contributed by atoms with Crippen molar-refractivity contribution in [3.8, 4) is 5.75 Å². The summed E-state index contributed by atoms with van der Waals surface area (Å²) in [5, 5.41) is 24.6. The molecule has 0 aliphatic heterocycles. The molecule has 0 radical (unpaired) electrons. The number of rotatable bonds is 18. The lowest BCUT2D eigenvalue weighted by Gasteiger charge is -2.35. The summed E-state index contributed by atoms with van der Waals surface area (Å²) < 4.78 is 11.2. The average molecular weight is 728 g/mol. The zero-order chi connectivity index (χ0) is 38.5. The van der Waals surface area contributed by atoms with E-state index in [-0.39, 0.29) is 37.2 Å². The molecule has 2 rings (SSSR count). The molecule has 11 nitrogen and oxygen atoms in total. The molecule has 6 N–H and O–H groups in total. The van der Waals surface area contributed by atoms with E-state index in [0.29, 0.717) is 10.8 Å². The highest BCUT2D eigenvalue weighted by Gasteiger charge is 2.39. The van der Waals surface area contributed by atoms with Gasteiger partial charge in [0.2, 0.25) is 11.8 Å². The van der Waals surface area contributed by atoms with Crippen LogP contribution in [0, 0.1) is 16.7 Å². The largest absolute Gasteiger partial charge is 0.495 e. The zero-order valence-electron chi connectivity index (χ0n) is 30.9. The topological polar surface area (TPSA) is 177 Å². The molecule has 280 valence electrons. The summed E-state index contributed by atoms with van der Waals surface area (Å²) in [6.07, 6.45) is 5.99. The Balaban J connectivity index is 2.20. The number of hydrogen-bond acceptors (Lipinski definition) is 8. The van der Waals surface area contributed by atoms with Crippen molar-refractivity contribution in [1.82, 2.24) is 10.6 Å². The molecule has 0 saturated heterocycles. The number of aliphatic carboxylic acids is 1. The van der Waals surface area contributed by atoms with Crippen LogP contribution in [-0.2, 0) is 36.9 Å². The monoisotopic (exact) mass is 727 g/mol. The summed E-state index contributed by atoms with van der Waals surface area (Å²) in [5.41, 5.74) is 7.06. The molecule has 1 unspecified atom stereocenters. The molecule has 0 saturated carbocycles. The standard InChI is InChI=1S/C39H54ClN3O8/c1-24(12-13-26-14-16-27(23-44)17-15-26)32(10-9-11-34(45)46)51-36(48)31(22-38(3,4)5)43-37(49)39(6,7)25(2)42-35(47)30(41)21-28-18-19-33(50-8)29(40)20-28/h9,11-20,24-25,30-32,44H,10,21-23,41H2,1-8H3,(H,42,47)(H,43,49)(H,45,46)/b11-9+,13-12+/t24-,25?,30-,31+,32+/m1/s1. The van der Waals surface area contributed by atoms with E-state index in [2.05, 4.69) is 10.6 Å². The third-order valence-corrected chi connectivity index (χ3v) is 8.97. The molecule has 5 atom stereocenters. The molecular weight excluding hydrogens is 674 g/mol. The van der Waals surface area contributed by atoms with Gasteiger partial charge in [-0.3, -0.25) is 9.59 Å². The van der Waals surface area contributed by atoms with Crippen molar-refractivity contribution in [2.75, 3.05) is 7.11 Å². The number of aliphatic hydroxyl groups excluding tert-OH is 1. The minimum absolute atomic E-state index is 0.0685. The van der Waals surface area contributed by atoms with Gasteiger partial charge in [-0.25, -0.2) is 9.59 Å². The number of esters is 1. The predicted molar refractivity (Wildman–Crippen MR) is 199 cm³/mol. The summed E-state index contributed by atoms with van der Waals surface area (Å²) in [5.74, 6) is -2.54. The molecular formula is C39H54ClN3O8. The van der Waals surface area contributed by atoms with Gasteiger partial charge in [-0.1, -0.05) is 87.9 Å². The number of carboxylic acids is 1. The van der Waals surface area contributed by atoms with Crippen LogP contribution in [-0.4, -0.2) is 65.3 Å². The number of ether oxygens (including phenoxy) is 2. The number of carbonyl (C=O) groups is 4. The molecule has 0 spiro atoms. The maximum absolute atomic E-state index is 13.8. The summed E-state index contributed by atoms with van der Waals surface area (Å²) >= 11 is 6.22. The second-order valence-corrected chi connectivity index (χ2v) is 15.0. The molecule has 0 heterocycles. The lowest BCUT2D eigenvalue weighted by atomic mass is 9.82. The molecule has 12 heteroatoms. The van der Waals surface area contributed by atoms with E-state index in [1.54, 1.807) is 51.1 Å². The zero-order valence-corrected chi connectivity index (χ0v) is 31.6. The Bertz CT molecular complexity index is 1550. The number of nitrogens with two attached hydrogens (primary N) is 1. The quantitative estimate of drug-likeness (QED) is 0.0987. The minimum Gasteiger partial charge on any atom is -0.495 e. The Hall–Kier alpha value is -4.19. The van der Waals surface area contributed by atoms with Gasteiger partial charge in [0.1, 0.15) is 17.9 Å². The van der Waals surface area contributed by atoms with Crippen molar-refractivity contribution in [2.45, 2.75) is 98.6 Å². The summed E-state index contributed by atoms with van der Waals surface area (Å²) in [6.45, 7) is 12.6. The van der Waals surface area contributed by atoms with E-state index in [0.717, 1.165) is 22.8 Å². The molecule has 2 aromatic carbocycles. The maximum atomic E-state index is 13.8. The molecule has 2 amide bonds. The van der Waals surface area contributed by atoms with Crippen molar-refractivity contribution < 1.29 is 38.9 Å². The summed E-state index contributed by atoms with van der Waals surface area (Å²) in [6, 6.07) is 9.85. The maximum Gasteiger partial charge on any atom is 0.328 e. The first-order valence-corrected chi connectivity index (χ1v) is 17.3. The first kappa shape index (κ1) is 43.0. The molecule has 0 aliphatic carbocycles. The molecule has 0 fully saturated rings. The van der Waals surface area contributed by atoms with Crippen molar-refractivity contribution in [2.24, 2.45) is 22.5 Å². The Morgan fingerprint density at radius 1 is 0.980 bits per heavy atom. The van der Waals surface area contributed by atoms with Crippen LogP contribution in [0.1, 0.15) is 78.0 Å². The van der Waals surface area contributed by atoms with Crippen LogP contribution in [0.15, 0.2) is 60.7 Å². The number of carbonyl (C=O) groups excluding carboxylic acids is 3. The van der Waals surface area contributed by atoms with Crippen LogP contribution in [0.2, 0.25) is 5.02 Å². The minimum atomic E-state index is -1.17. The van der Waals surface area contributed by atoms with E-state index in [9.17, 15) is 24.3 Å². The fraction of sp³-hybridized carbons (Fsp3) is 0.487. The van der Waals surface area contributed by atoms with Gasteiger partial charge in [0, 0.05) is 24.5 Å². The van der Waals surface area contributed by atoms with Gasteiger partial charge in [0.05, 0.1) is 30.2 Å². The number of halogens is 1. The molecule has 51 heavy (non-hydrogen) atoms. The van der Waals surface area contributed by atoms with Gasteiger partial charge in [0.25, 0.3) is 0 Å². The van der Waals surface area contributed by atoms with Crippen LogP contribution in [0.5, 0.6) is 5.75 Å². The molecule has 0 bridgehead atoms. The van der Waals surface area contributed by atoms with Crippen LogP contribution in [0.3, 0.4) is 0 Å². The molecule has 2 aromatic rings. The smallest absolute Gasteiger partial charge is 0.328 e. The van der Waals surface area contributed by atoms with Gasteiger partial charge < -0.3 is 36.1 Å². The Morgan fingerprint density at radius 2 is 1.61 bits per heavy atom. The van der Waals surface area contributed by atoms with E-state index >= 15 is 0 Å². The number of carboxylic acid groups (broad SMARTS) is 1. The van der Waals surface area contributed by atoms with Crippen molar-refractivity contribution in [3.05, 3.63) is 82.4 Å². The number of hydrogen-bond donors (Lipinski definition) is 5. The second-order valence-electron chi connectivity index (χ2n) is 14.6. The van der Waals surface area contributed by atoms with Crippen molar-refractivity contribution in [1.29, 1.82) is 0 Å². The summed E-state index contributed by atoms with van der Waals surface area (Å²) in [7, 11) is 1.51. The molecule has 0 aliphatic rings. The van der Waals surface area contributed by atoms with Gasteiger partial charge in [-0.15, -0.1) is 0 Å². The lowest BCUT2D eigenvalue weighted by Crippen LogP contribution is -2.57. The third kappa shape index (κ3) is 14.2. The highest BCUT2D eigenvalue weighted by atomic mass is 35.5. The van der Waals surface area contributed by atoms with Gasteiger partial charge in [0.15, 0.2) is 0 Å². The third-order valence-electron chi connectivity index (χ3n) is 8.68. The average Bonchev–Trinajstić information content (AvgIpc) is 3.05. The van der Waals surface area contributed by atoms with E-state index < -0.39 is 53.4 Å². The van der Waals surface area contributed by atoms with Crippen LogP contribution >= 0.6 is 11.6 Å². The Kier molecular flexibility index (Phi) is 16.4. The fourth-order valence-electron chi connectivity index (χ4n) is 5.06. The number of nitrogens with one attached hydrogen (secondary N) is 2. The predicted octanol–water partition coefficient (Wildman–Crippen LogP) is 5.45. The first-order chi connectivity index (χ1) is 23.8. The van der Waals surface area contributed by atoms with E-state index in [1.807, 2.05) is 52.0 Å². The Labute approximate surface area is 306 Å². The van der Waals surface area contributed by atoms with Gasteiger partial charge >= 0.3 is 11.9 Å². The van der Waals surface area contributed by atoms with Crippen LogP contribution < -0.4 is 21.1 Å². The normalized spacial score (nSPS) is 15.1. The number of benzene rings is 2. The van der Waals surface area contributed by atoms with Gasteiger partial charge in [-0.2, -0.15) is 0 Å².